The Balaban J connectivity index is 1.89. The van der Waals surface area contributed by atoms with Gasteiger partial charge in [0.05, 0.1) is 13.0 Å². The van der Waals surface area contributed by atoms with Crippen LogP contribution in [0, 0.1) is 5.92 Å². The molecule has 0 bridgehead atoms. The highest BCUT2D eigenvalue weighted by Gasteiger charge is 2.12. The van der Waals surface area contributed by atoms with E-state index in [4.69, 9.17) is 4.74 Å². The summed E-state index contributed by atoms with van der Waals surface area (Å²) >= 11 is 0. The standard InChI is InChI=1S/C17H20N2O2/c1-13(17(20)21-2)12-19-16-5-3-14(4-6-16)11-15-7-9-18-10-8-15/h3-10,13,19H,11-12H2,1-2H3. The molecule has 0 aliphatic heterocycles. The van der Waals surface area contributed by atoms with Crippen molar-refractivity contribution >= 4 is 11.7 Å². The predicted molar refractivity (Wildman–Crippen MR) is 83.2 cm³/mol. The third kappa shape index (κ3) is 4.60. The van der Waals surface area contributed by atoms with E-state index < -0.39 is 0 Å². The van der Waals surface area contributed by atoms with Gasteiger partial charge in [0.2, 0.25) is 0 Å². The number of esters is 1. The number of aromatic nitrogens is 1. The van der Waals surface area contributed by atoms with Gasteiger partial charge in [-0.1, -0.05) is 19.1 Å². The molecule has 0 saturated heterocycles. The summed E-state index contributed by atoms with van der Waals surface area (Å²) in [5.74, 6) is -0.358. The Bertz CT molecular complexity index is 567. The van der Waals surface area contributed by atoms with Crippen molar-refractivity contribution in [2.24, 2.45) is 5.92 Å². The maximum atomic E-state index is 11.3. The third-order valence-corrected chi connectivity index (χ3v) is 3.33. The summed E-state index contributed by atoms with van der Waals surface area (Å²) in [5.41, 5.74) is 3.49. The van der Waals surface area contributed by atoms with Gasteiger partial charge >= 0.3 is 5.97 Å². The van der Waals surface area contributed by atoms with Gasteiger partial charge in [-0.05, 0) is 41.8 Å². The van der Waals surface area contributed by atoms with E-state index in [0.29, 0.717) is 6.54 Å². The van der Waals surface area contributed by atoms with E-state index >= 15 is 0 Å². The van der Waals surface area contributed by atoms with Crippen molar-refractivity contribution in [3.05, 3.63) is 59.9 Å². The largest absolute Gasteiger partial charge is 0.469 e. The number of benzene rings is 1. The van der Waals surface area contributed by atoms with Gasteiger partial charge in [-0.15, -0.1) is 0 Å². The summed E-state index contributed by atoms with van der Waals surface area (Å²) in [4.78, 5) is 15.3. The second-order valence-corrected chi connectivity index (χ2v) is 5.03. The molecule has 4 nitrogen and oxygen atoms in total. The van der Waals surface area contributed by atoms with Gasteiger partial charge in [-0.2, -0.15) is 0 Å². The molecule has 1 aromatic carbocycles. The zero-order valence-electron chi connectivity index (χ0n) is 12.4. The molecule has 110 valence electrons. The first-order valence-electron chi connectivity index (χ1n) is 6.98. The molecule has 1 heterocycles. The quantitative estimate of drug-likeness (QED) is 0.829. The van der Waals surface area contributed by atoms with Crippen molar-refractivity contribution < 1.29 is 9.53 Å². The second kappa shape index (κ2) is 7.43. The van der Waals surface area contributed by atoms with Crippen molar-refractivity contribution in [1.29, 1.82) is 0 Å². The van der Waals surface area contributed by atoms with E-state index in [1.165, 1.54) is 18.2 Å². The minimum absolute atomic E-state index is 0.161. The molecule has 0 amide bonds. The average molecular weight is 284 g/mol. The van der Waals surface area contributed by atoms with Crippen LogP contribution in [0.5, 0.6) is 0 Å². The Hall–Kier alpha value is -2.36. The highest BCUT2D eigenvalue weighted by molar-refractivity contribution is 5.72. The molecule has 2 rings (SSSR count). The molecule has 1 N–H and O–H groups in total. The van der Waals surface area contributed by atoms with Gasteiger partial charge in [0.25, 0.3) is 0 Å². The Labute approximate surface area is 125 Å². The van der Waals surface area contributed by atoms with E-state index in [1.54, 1.807) is 12.4 Å². The second-order valence-electron chi connectivity index (χ2n) is 5.03. The fourth-order valence-electron chi connectivity index (χ4n) is 2.03. The van der Waals surface area contributed by atoms with Crippen LogP contribution in [0.25, 0.3) is 0 Å². The lowest BCUT2D eigenvalue weighted by Crippen LogP contribution is -2.21. The van der Waals surface area contributed by atoms with E-state index in [1.807, 2.05) is 31.2 Å². The number of methoxy groups -OCH3 is 1. The Morgan fingerprint density at radius 3 is 2.38 bits per heavy atom. The molecule has 21 heavy (non-hydrogen) atoms. The van der Waals surface area contributed by atoms with Crippen LogP contribution in [0.15, 0.2) is 48.8 Å². The molecule has 0 aliphatic rings. The van der Waals surface area contributed by atoms with Gasteiger partial charge in [0.15, 0.2) is 0 Å². The number of carbonyl (C=O) groups excluding carboxylic acids is 1. The zero-order chi connectivity index (χ0) is 15.1. The lowest BCUT2D eigenvalue weighted by atomic mass is 10.1. The highest BCUT2D eigenvalue weighted by atomic mass is 16.5. The smallest absolute Gasteiger partial charge is 0.310 e. The predicted octanol–water partition coefficient (Wildman–Crippen LogP) is 2.89. The zero-order valence-corrected chi connectivity index (χ0v) is 12.4. The van der Waals surface area contributed by atoms with E-state index in [2.05, 4.69) is 22.4 Å². The first-order chi connectivity index (χ1) is 10.2. The molecule has 1 aromatic heterocycles. The van der Waals surface area contributed by atoms with E-state index in [9.17, 15) is 4.79 Å². The number of pyridine rings is 1. The van der Waals surface area contributed by atoms with Gasteiger partial charge in [0, 0.05) is 24.6 Å². The maximum Gasteiger partial charge on any atom is 0.310 e. The maximum absolute atomic E-state index is 11.3. The first kappa shape index (κ1) is 15.0. The normalized spacial score (nSPS) is 11.7. The Kier molecular flexibility index (Phi) is 5.32. The number of carbonyl (C=O) groups is 1. The van der Waals surface area contributed by atoms with Crippen LogP contribution in [0.1, 0.15) is 18.1 Å². The first-order valence-corrected chi connectivity index (χ1v) is 6.98. The molecule has 1 atom stereocenters. The molecule has 0 fully saturated rings. The Morgan fingerprint density at radius 1 is 1.14 bits per heavy atom. The van der Waals surface area contributed by atoms with Crippen LogP contribution >= 0.6 is 0 Å². The average Bonchev–Trinajstić information content (AvgIpc) is 2.54. The lowest BCUT2D eigenvalue weighted by molar-refractivity contribution is -0.144. The molecule has 4 heteroatoms. The summed E-state index contributed by atoms with van der Waals surface area (Å²) in [7, 11) is 1.41. The number of anilines is 1. The summed E-state index contributed by atoms with van der Waals surface area (Å²) in [6.07, 6.45) is 4.50. The number of rotatable bonds is 6. The van der Waals surface area contributed by atoms with Crippen molar-refractivity contribution in [2.75, 3.05) is 19.0 Å². The van der Waals surface area contributed by atoms with Gasteiger partial charge in [-0.3, -0.25) is 9.78 Å². The number of nitrogens with zero attached hydrogens (tertiary/aromatic N) is 1. The highest BCUT2D eigenvalue weighted by Crippen LogP contribution is 2.14. The SMILES string of the molecule is COC(=O)C(C)CNc1ccc(Cc2ccncc2)cc1. The number of nitrogens with one attached hydrogen (secondary N) is 1. The fraction of sp³-hybridized carbons (Fsp3) is 0.294. The van der Waals surface area contributed by atoms with Crippen molar-refractivity contribution in [3.8, 4) is 0 Å². The molecular weight excluding hydrogens is 264 g/mol. The van der Waals surface area contributed by atoms with E-state index in [0.717, 1.165) is 12.1 Å². The van der Waals surface area contributed by atoms with Crippen molar-refractivity contribution in [1.82, 2.24) is 4.98 Å². The Morgan fingerprint density at radius 2 is 1.76 bits per heavy atom. The van der Waals surface area contributed by atoms with Gasteiger partial charge < -0.3 is 10.1 Å². The molecule has 2 aromatic rings. The number of ether oxygens (including phenoxy) is 1. The topological polar surface area (TPSA) is 51.2 Å². The molecule has 0 saturated carbocycles. The van der Waals surface area contributed by atoms with Crippen LogP contribution < -0.4 is 5.32 Å². The van der Waals surface area contributed by atoms with Crippen LogP contribution in [-0.4, -0.2) is 24.6 Å². The van der Waals surface area contributed by atoms with Crippen LogP contribution in [0.4, 0.5) is 5.69 Å². The fourth-order valence-corrected chi connectivity index (χ4v) is 2.03. The number of hydrogen-bond donors (Lipinski definition) is 1. The van der Waals surface area contributed by atoms with Crippen LogP contribution in [-0.2, 0) is 16.0 Å². The minimum Gasteiger partial charge on any atom is -0.469 e. The molecule has 1 unspecified atom stereocenters. The number of hydrogen-bond acceptors (Lipinski definition) is 4. The van der Waals surface area contributed by atoms with E-state index in [-0.39, 0.29) is 11.9 Å². The lowest BCUT2D eigenvalue weighted by Gasteiger charge is -2.12. The van der Waals surface area contributed by atoms with Crippen molar-refractivity contribution in [2.45, 2.75) is 13.3 Å². The summed E-state index contributed by atoms with van der Waals surface area (Å²) in [6, 6.07) is 12.3. The summed E-state index contributed by atoms with van der Waals surface area (Å²) in [6.45, 7) is 2.41. The summed E-state index contributed by atoms with van der Waals surface area (Å²) in [5, 5.41) is 3.24. The molecular formula is C17H20N2O2. The molecule has 0 spiro atoms. The minimum atomic E-state index is -0.197. The molecule has 0 aliphatic carbocycles. The van der Waals surface area contributed by atoms with Gasteiger partial charge in [0.1, 0.15) is 0 Å². The van der Waals surface area contributed by atoms with Crippen LogP contribution in [0.2, 0.25) is 0 Å². The monoisotopic (exact) mass is 284 g/mol. The summed E-state index contributed by atoms with van der Waals surface area (Å²) < 4.78 is 4.70. The van der Waals surface area contributed by atoms with Gasteiger partial charge in [-0.25, -0.2) is 0 Å². The van der Waals surface area contributed by atoms with Crippen molar-refractivity contribution in [3.63, 3.8) is 0 Å². The van der Waals surface area contributed by atoms with Crippen LogP contribution in [0.3, 0.4) is 0 Å². The molecule has 0 radical (unpaired) electrons. The third-order valence-electron chi connectivity index (χ3n) is 3.33.